The highest BCUT2D eigenvalue weighted by Gasteiger charge is 2.22. The van der Waals surface area contributed by atoms with Crippen LogP contribution in [0.25, 0.3) is 0 Å². The SMILES string of the molecule is Cl.O=C(CC(NC(=O)c1ccccc1Cl)c1ccccc1)NC1CCCNC1. The molecule has 1 fully saturated rings. The molecule has 1 heterocycles. The fourth-order valence-electron chi connectivity index (χ4n) is 3.27. The van der Waals surface area contributed by atoms with Crippen molar-refractivity contribution in [2.75, 3.05) is 13.1 Å². The highest BCUT2D eigenvalue weighted by atomic mass is 35.5. The minimum atomic E-state index is -0.425. The van der Waals surface area contributed by atoms with E-state index in [4.69, 9.17) is 11.6 Å². The van der Waals surface area contributed by atoms with Gasteiger partial charge >= 0.3 is 0 Å². The lowest BCUT2D eigenvalue weighted by Gasteiger charge is -2.25. The molecule has 3 rings (SSSR count). The number of rotatable bonds is 6. The fraction of sp³-hybridized carbons (Fsp3) is 0.333. The number of piperidine rings is 1. The normalized spacial score (nSPS) is 17.1. The van der Waals surface area contributed by atoms with Crippen LogP contribution < -0.4 is 16.0 Å². The number of nitrogens with one attached hydrogen (secondary N) is 3. The van der Waals surface area contributed by atoms with Gasteiger partial charge in [0.05, 0.1) is 23.0 Å². The van der Waals surface area contributed by atoms with Crippen molar-refractivity contribution in [3.63, 3.8) is 0 Å². The molecule has 1 saturated heterocycles. The molecule has 1 aliphatic heterocycles. The molecule has 0 aromatic heterocycles. The summed E-state index contributed by atoms with van der Waals surface area (Å²) in [6.07, 6.45) is 2.20. The lowest BCUT2D eigenvalue weighted by molar-refractivity contribution is -0.122. The molecule has 0 spiro atoms. The quantitative estimate of drug-likeness (QED) is 0.668. The molecule has 0 bridgehead atoms. The van der Waals surface area contributed by atoms with Crippen molar-refractivity contribution in [3.05, 3.63) is 70.7 Å². The van der Waals surface area contributed by atoms with E-state index in [2.05, 4.69) is 16.0 Å². The van der Waals surface area contributed by atoms with Crippen LogP contribution in [-0.2, 0) is 4.79 Å². The van der Waals surface area contributed by atoms with Crippen LogP contribution in [0.2, 0.25) is 5.02 Å². The highest BCUT2D eigenvalue weighted by molar-refractivity contribution is 6.33. The van der Waals surface area contributed by atoms with Crippen molar-refractivity contribution in [2.24, 2.45) is 0 Å². The van der Waals surface area contributed by atoms with E-state index in [0.717, 1.165) is 31.5 Å². The van der Waals surface area contributed by atoms with Gasteiger partial charge in [-0.1, -0.05) is 54.1 Å². The van der Waals surface area contributed by atoms with Crippen LogP contribution in [0.4, 0.5) is 0 Å². The molecule has 5 nitrogen and oxygen atoms in total. The van der Waals surface area contributed by atoms with Crippen LogP contribution in [0.3, 0.4) is 0 Å². The van der Waals surface area contributed by atoms with Crippen molar-refractivity contribution >= 4 is 35.8 Å². The third kappa shape index (κ3) is 6.23. The summed E-state index contributed by atoms with van der Waals surface area (Å²) in [5.74, 6) is -0.362. The Morgan fingerprint density at radius 3 is 2.50 bits per heavy atom. The third-order valence-corrected chi connectivity index (χ3v) is 5.01. The molecule has 0 aliphatic carbocycles. The molecule has 2 unspecified atom stereocenters. The van der Waals surface area contributed by atoms with Crippen LogP contribution in [0, 0.1) is 0 Å². The summed E-state index contributed by atoms with van der Waals surface area (Å²) >= 11 is 6.14. The van der Waals surface area contributed by atoms with Crippen LogP contribution in [0.1, 0.15) is 41.2 Å². The van der Waals surface area contributed by atoms with Gasteiger partial charge in [0.2, 0.25) is 5.91 Å². The molecule has 3 N–H and O–H groups in total. The summed E-state index contributed by atoms with van der Waals surface area (Å²) in [4.78, 5) is 25.2. The monoisotopic (exact) mass is 421 g/mol. The van der Waals surface area contributed by atoms with Gasteiger partial charge in [0.25, 0.3) is 5.91 Å². The van der Waals surface area contributed by atoms with Gasteiger partial charge in [-0.15, -0.1) is 12.4 Å². The molecule has 1 aliphatic rings. The molecular formula is C21H25Cl2N3O2. The summed E-state index contributed by atoms with van der Waals surface area (Å²) in [5, 5.41) is 9.70. The van der Waals surface area contributed by atoms with E-state index >= 15 is 0 Å². The van der Waals surface area contributed by atoms with Gasteiger partial charge in [0, 0.05) is 12.6 Å². The van der Waals surface area contributed by atoms with E-state index < -0.39 is 6.04 Å². The van der Waals surface area contributed by atoms with Gasteiger partial charge in [-0.25, -0.2) is 0 Å². The third-order valence-electron chi connectivity index (χ3n) is 4.68. The minimum Gasteiger partial charge on any atom is -0.352 e. The van der Waals surface area contributed by atoms with Crippen molar-refractivity contribution in [1.82, 2.24) is 16.0 Å². The van der Waals surface area contributed by atoms with E-state index in [-0.39, 0.29) is 36.7 Å². The number of hydrogen-bond donors (Lipinski definition) is 3. The zero-order valence-corrected chi connectivity index (χ0v) is 17.1. The maximum atomic E-state index is 12.7. The van der Waals surface area contributed by atoms with Crippen molar-refractivity contribution in [2.45, 2.75) is 31.3 Å². The van der Waals surface area contributed by atoms with Gasteiger partial charge < -0.3 is 16.0 Å². The topological polar surface area (TPSA) is 70.2 Å². The number of amides is 2. The summed E-state index contributed by atoms with van der Waals surface area (Å²) in [6.45, 7) is 1.78. The Morgan fingerprint density at radius 1 is 1.11 bits per heavy atom. The van der Waals surface area contributed by atoms with Crippen LogP contribution in [0.15, 0.2) is 54.6 Å². The van der Waals surface area contributed by atoms with Crippen molar-refractivity contribution in [1.29, 1.82) is 0 Å². The molecule has 2 aromatic carbocycles. The first-order valence-corrected chi connectivity index (χ1v) is 9.61. The largest absolute Gasteiger partial charge is 0.352 e. The summed E-state index contributed by atoms with van der Waals surface area (Å²) in [6, 6.07) is 16.1. The average Bonchev–Trinajstić information content (AvgIpc) is 2.69. The minimum absolute atomic E-state index is 0. The molecule has 28 heavy (non-hydrogen) atoms. The maximum Gasteiger partial charge on any atom is 0.253 e. The van der Waals surface area contributed by atoms with E-state index in [1.807, 2.05) is 30.3 Å². The predicted octanol–water partition coefficient (Wildman–Crippen LogP) is 3.49. The average molecular weight is 422 g/mol. The van der Waals surface area contributed by atoms with Crippen LogP contribution in [0.5, 0.6) is 0 Å². The zero-order valence-electron chi connectivity index (χ0n) is 15.5. The molecule has 0 radical (unpaired) electrons. The number of halogens is 2. The zero-order chi connectivity index (χ0) is 19.1. The first kappa shape index (κ1) is 22.2. The summed E-state index contributed by atoms with van der Waals surface area (Å²) < 4.78 is 0. The van der Waals surface area contributed by atoms with Crippen LogP contribution >= 0.6 is 24.0 Å². The Hall–Kier alpha value is -2.08. The maximum absolute atomic E-state index is 12.7. The number of carbonyl (C=O) groups is 2. The van der Waals surface area contributed by atoms with Gasteiger partial charge in [-0.3, -0.25) is 9.59 Å². The molecule has 0 saturated carbocycles. The Bertz CT molecular complexity index is 780. The number of hydrogen-bond acceptors (Lipinski definition) is 3. The standard InChI is InChI=1S/C21H24ClN3O2.ClH/c22-18-11-5-4-10-17(18)21(27)25-19(15-7-2-1-3-8-15)13-20(26)24-16-9-6-12-23-14-16;/h1-5,7-8,10-11,16,19,23H,6,9,12-14H2,(H,24,26)(H,25,27);1H. The van der Waals surface area contributed by atoms with Gasteiger partial charge in [0.15, 0.2) is 0 Å². The Kier molecular flexibility index (Phi) is 8.77. The predicted molar refractivity (Wildman–Crippen MR) is 114 cm³/mol. The second-order valence-electron chi connectivity index (χ2n) is 6.73. The summed E-state index contributed by atoms with van der Waals surface area (Å²) in [5.41, 5.74) is 1.28. The van der Waals surface area contributed by atoms with Gasteiger partial charge in [0.1, 0.15) is 0 Å². The summed E-state index contributed by atoms with van der Waals surface area (Å²) in [7, 11) is 0. The first-order chi connectivity index (χ1) is 13.1. The van der Waals surface area contributed by atoms with E-state index in [1.54, 1.807) is 24.3 Å². The molecular weight excluding hydrogens is 397 g/mol. The molecule has 2 amide bonds. The Balaban J connectivity index is 0.00000280. The smallest absolute Gasteiger partial charge is 0.253 e. The second-order valence-corrected chi connectivity index (χ2v) is 7.14. The van der Waals surface area contributed by atoms with Gasteiger partial charge in [-0.2, -0.15) is 0 Å². The number of benzene rings is 2. The van der Waals surface area contributed by atoms with Crippen LogP contribution in [-0.4, -0.2) is 30.9 Å². The van der Waals surface area contributed by atoms with Gasteiger partial charge in [-0.05, 0) is 37.1 Å². The number of carbonyl (C=O) groups excluding carboxylic acids is 2. The lowest BCUT2D eigenvalue weighted by Crippen LogP contribution is -2.46. The van der Waals surface area contributed by atoms with E-state index in [1.165, 1.54) is 0 Å². The lowest BCUT2D eigenvalue weighted by atomic mass is 10.0. The highest BCUT2D eigenvalue weighted by Crippen LogP contribution is 2.20. The first-order valence-electron chi connectivity index (χ1n) is 9.24. The van der Waals surface area contributed by atoms with E-state index in [0.29, 0.717) is 10.6 Å². The molecule has 2 atom stereocenters. The molecule has 2 aromatic rings. The van der Waals surface area contributed by atoms with Crippen molar-refractivity contribution < 1.29 is 9.59 Å². The second kappa shape index (κ2) is 11.1. The van der Waals surface area contributed by atoms with E-state index in [9.17, 15) is 9.59 Å². The Labute approximate surface area is 176 Å². The molecule has 150 valence electrons. The van der Waals surface area contributed by atoms with Crippen molar-refractivity contribution in [3.8, 4) is 0 Å². The fourth-order valence-corrected chi connectivity index (χ4v) is 3.49. The molecule has 7 heteroatoms. The Morgan fingerprint density at radius 2 is 1.82 bits per heavy atom.